The molecule has 1 aliphatic rings. The molecule has 4 rings (SSSR count). The van der Waals surface area contributed by atoms with Crippen molar-refractivity contribution in [2.24, 2.45) is 5.92 Å². The summed E-state index contributed by atoms with van der Waals surface area (Å²) in [6, 6.07) is 5.56. The Bertz CT molecular complexity index is 1320. The Morgan fingerprint density at radius 2 is 1.92 bits per heavy atom. The molecule has 1 fully saturated rings. The molecule has 1 saturated heterocycles. The number of thiazole rings is 1. The lowest BCUT2D eigenvalue weighted by Gasteiger charge is -2.27. The minimum absolute atomic E-state index is 0.00389. The van der Waals surface area contributed by atoms with Crippen LogP contribution in [0.25, 0.3) is 21.6 Å². The number of methoxy groups -OCH3 is 1. The van der Waals surface area contributed by atoms with Gasteiger partial charge in [-0.1, -0.05) is 20.8 Å². The molecule has 0 aliphatic carbocycles. The predicted octanol–water partition coefficient (Wildman–Crippen LogP) is 6.44. The Balaban J connectivity index is 0.000000270. The average Bonchev–Trinajstić information content (AvgIpc) is 3.47. The minimum atomic E-state index is -0.386. The number of carboxylic acid groups (broad SMARTS) is 1. The van der Waals surface area contributed by atoms with Crippen molar-refractivity contribution >= 4 is 34.8 Å². The van der Waals surface area contributed by atoms with Crippen molar-refractivity contribution in [2.75, 3.05) is 13.7 Å². The van der Waals surface area contributed by atoms with Crippen molar-refractivity contribution in [2.45, 2.75) is 79.4 Å². The molecule has 10 heteroatoms. The number of likely N-dealkylation sites (tertiary alicyclic amines) is 1. The first-order valence-corrected chi connectivity index (χ1v) is 13.9. The number of fused-ring (bicyclic) bond motifs is 1. The molecule has 1 aliphatic heterocycles. The van der Waals surface area contributed by atoms with Gasteiger partial charge in [0.1, 0.15) is 16.4 Å². The summed E-state index contributed by atoms with van der Waals surface area (Å²) in [5.41, 5.74) is 3.15. The van der Waals surface area contributed by atoms with E-state index in [1.165, 1.54) is 0 Å². The number of rotatable bonds is 3. The van der Waals surface area contributed by atoms with Crippen LogP contribution in [-0.4, -0.2) is 57.8 Å². The van der Waals surface area contributed by atoms with Crippen LogP contribution in [0.3, 0.4) is 0 Å². The second kappa shape index (κ2) is 13.6. The molecule has 2 aromatic heterocycles. The van der Waals surface area contributed by atoms with Crippen molar-refractivity contribution in [3.63, 3.8) is 0 Å². The molecule has 0 saturated carbocycles. The number of benzene rings is 1. The lowest BCUT2D eigenvalue weighted by Crippen LogP contribution is -2.39. The van der Waals surface area contributed by atoms with Gasteiger partial charge in [-0.15, -0.1) is 11.3 Å². The van der Waals surface area contributed by atoms with Crippen molar-refractivity contribution in [3.05, 3.63) is 45.1 Å². The lowest BCUT2D eigenvalue weighted by atomic mass is 10.1. The minimum Gasteiger partial charge on any atom is -0.496 e. The molecule has 2 N–H and O–H groups in total. The zero-order valence-electron chi connectivity index (χ0n) is 24.3. The summed E-state index contributed by atoms with van der Waals surface area (Å²) < 4.78 is 10.7. The van der Waals surface area contributed by atoms with Crippen molar-refractivity contribution in [1.82, 2.24) is 14.9 Å². The fourth-order valence-corrected chi connectivity index (χ4v) is 5.08. The van der Waals surface area contributed by atoms with Gasteiger partial charge in [0.05, 0.1) is 24.0 Å². The monoisotopic (exact) mass is 559 g/mol. The zero-order valence-corrected chi connectivity index (χ0v) is 25.1. The van der Waals surface area contributed by atoms with Gasteiger partial charge in [-0.3, -0.25) is 9.59 Å². The van der Waals surface area contributed by atoms with Gasteiger partial charge in [0.15, 0.2) is 5.43 Å². The smallest absolute Gasteiger partial charge is 0.410 e. The van der Waals surface area contributed by atoms with Gasteiger partial charge in [-0.25, -0.2) is 9.78 Å². The lowest BCUT2D eigenvalue weighted by molar-refractivity contribution is -0.122. The van der Waals surface area contributed by atoms with Crippen LogP contribution in [0.5, 0.6) is 5.75 Å². The van der Waals surface area contributed by atoms with Crippen LogP contribution in [0.4, 0.5) is 4.79 Å². The Labute approximate surface area is 234 Å². The summed E-state index contributed by atoms with van der Waals surface area (Å²) in [4.78, 5) is 42.3. The van der Waals surface area contributed by atoms with Crippen molar-refractivity contribution < 1.29 is 24.2 Å². The third kappa shape index (κ3) is 8.29. The Kier molecular flexibility index (Phi) is 11.1. The average molecular weight is 560 g/mol. The molecule has 0 bridgehead atoms. The number of hydrogen-bond acceptors (Lipinski definition) is 7. The van der Waals surface area contributed by atoms with Crippen LogP contribution in [0.1, 0.15) is 72.1 Å². The third-order valence-electron chi connectivity index (χ3n) is 6.55. The number of ether oxygens (including phenoxy) is 2. The molecule has 9 nitrogen and oxygen atoms in total. The summed E-state index contributed by atoms with van der Waals surface area (Å²) >= 11 is 1.55. The highest BCUT2D eigenvalue weighted by Crippen LogP contribution is 2.29. The van der Waals surface area contributed by atoms with Gasteiger partial charge < -0.3 is 24.5 Å². The van der Waals surface area contributed by atoms with Gasteiger partial charge >= 0.3 is 6.09 Å². The third-order valence-corrected chi connectivity index (χ3v) is 7.44. The molecule has 1 amide bonds. The highest BCUT2D eigenvalue weighted by Gasteiger charge is 2.33. The maximum absolute atomic E-state index is 12.4. The van der Waals surface area contributed by atoms with E-state index in [2.05, 4.69) is 37.7 Å². The molecular formula is C29H41N3O6S. The molecule has 0 spiro atoms. The van der Waals surface area contributed by atoms with E-state index < -0.39 is 0 Å². The molecule has 3 aromatic rings. The topological polar surface area (TPSA) is 122 Å². The van der Waals surface area contributed by atoms with Crippen LogP contribution < -0.4 is 10.2 Å². The Hall–Kier alpha value is -3.40. The predicted molar refractivity (Wildman–Crippen MR) is 156 cm³/mol. The first kappa shape index (κ1) is 31.8. The normalized spacial score (nSPS) is 16.7. The fraction of sp³-hybridized carbons (Fsp3) is 0.517. The van der Waals surface area contributed by atoms with Crippen LogP contribution in [0.15, 0.2) is 28.4 Å². The van der Waals surface area contributed by atoms with E-state index in [0.717, 1.165) is 46.2 Å². The van der Waals surface area contributed by atoms with Gasteiger partial charge in [0.2, 0.25) is 0 Å². The molecule has 0 radical (unpaired) electrons. The van der Waals surface area contributed by atoms with Gasteiger partial charge in [0.25, 0.3) is 6.47 Å². The molecule has 1 aromatic carbocycles. The number of carbonyl (C=O) groups is 2. The van der Waals surface area contributed by atoms with E-state index in [1.54, 1.807) is 30.6 Å². The van der Waals surface area contributed by atoms with E-state index >= 15 is 0 Å². The number of H-pyrrole nitrogens is 1. The molecule has 3 heterocycles. The Morgan fingerprint density at radius 3 is 2.41 bits per heavy atom. The van der Waals surface area contributed by atoms with E-state index in [9.17, 15) is 9.59 Å². The van der Waals surface area contributed by atoms with Crippen molar-refractivity contribution in [1.29, 1.82) is 0 Å². The maximum atomic E-state index is 12.4. The van der Waals surface area contributed by atoms with Crippen LogP contribution in [0.2, 0.25) is 0 Å². The molecule has 39 heavy (non-hydrogen) atoms. The summed E-state index contributed by atoms with van der Waals surface area (Å²) in [7, 11) is 1.63. The van der Waals surface area contributed by atoms with Crippen LogP contribution >= 0.6 is 11.3 Å². The number of nitrogens with zero attached hydrogens (tertiary/aromatic N) is 2. The number of aromatic nitrogens is 2. The highest BCUT2D eigenvalue weighted by molar-refractivity contribution is 7.13. The number of hydrogen-bond donors (Lipinski definition) is 2. The molecule has 214 valence electrons. The second-order valence-electron chi connectivity index (χ2n) is 10.9. The van der Waals surface area contributed by atoms with Crippen LogP contribution in [-0.2, 0) is 9.53 Å². The quantitative estimate of drug-likeness (QED) is 0.354. The fourth-order valence-electron chi connectivity index (χ4n) is 4.12. The van der Waals surface area contributed by atoms with E-state index in [-0.39, 0.29) is 23.6 Å². The maximum Gasteiger partial charge on any atom is 0.410 e. The van der Waals surface area contributed by atoms with Gasteiger partial charge in [0, 0.05) is 35.0 Å². The van der Waals surface area contributed by atoms with Crippen molar-refractivity contribution in [3.8, 4) is 16.5 Å². The molecule has 2 atom stereocenters. The van der Waals surface area contributed by atoms with E-state index in [1.807, 2.05) is 44.0 Å². The largest absolute Gasteiger partial charge is 0.496 e. The number of amides is 1. The summed E-state index contributed by atoms with van der Waals surface area (Å²) in [6.45, 7) is 16.7. The van der Waals surface area contributed by atoms with Gasteiger partial charge in [-0.05, 0) is 65.0 Å². The first-order chi connectivity index (χ1) is 18.2. The number of aryl methyl sites for hydroxylation is 1. The number of aromatic amines is 1. The molecule has 2 unspecified atom stereocenters. The highest BCUT2D eigenvalue weighted by atomic mass is 32.1. The SMILES string of the molecule is CC1CCN(C(=O)OC(C)(C)C)C1C.COc1ccc2c(=O)cc(-c3nc(C(C)C)cs3)[nH]c2c1C.O=CO. The second-order valence-corrected chi connectivity index (χ2v) is 11.7. The standard InChI is InChI=1S/C17H18N2O2S.C11H21NO2.CH2O2/c1-9(2)13-8-22-17(19-13)12-7-14(20)11-5-6-15(21-4)10(3)16(11)18-12;1-8-6-7-12(9(8)2)10(13)14-11(3,4)5;2-1-3/h5-9H,1-4H3,(H,18,20);8-9H,6-7H2,1-5H3;1H,(H,2,3). The van der Waals surface area contributed by atoms with Gasteiger partial charge in [-0.2, -0.15) is 0 Å². The Morgan fingerprint density at radius 1 is 1.28 bits per heavy atom. The first-order valence-electron chi connectivity index (χ1n) is 13.0. The number of nitrogens with one attached hydrogen (secondary N) is 1. The summed E-state index contributed by atoms with van der Waals surface area (Å²) in [5, 5.41) is 10.4. The number of carbonyl (C=O) groups excluding carboxylic acids is 1. The summed E-state index contributed by atoms with van der Waals surface area (Å²) in [5.74, 6) is 1.73. The number of pyridine rings is 1. The van der Waals surface area contributed by atoms with E-state index in [4.69, 9.17) is 19.4 Å². The van der Waals surface area contributed by atoms with E-state index in [0.29, 0.717) is 23.3 Å². The van der Waals surface area contributed by atoms with Crippen LogP contribution in [0, 0.1) is 12.8 Å². The zero-order chi connectivity index (χ0) is 29.5. The molecular weight excluding hydrogens is 518 g/mol. The summed E-state index contributed by atoms with van der Waals surface area (Å²) in [6.07, 6.45) is 0.912.